The lowest BCUT2D eigenvalue weighted by Crippen LogP contribution is -2.18. The number of rotatable bonds is 9. The molecule has 0 aromatic carbocycles. The van der Waals surface area contributed by atoms with Crippen molar-refractivity contribution in [2.45, 2.75) is 32.7 Å². The van der Waals surface area contributed by atoms with Crippen LogP contribution in [0, 0.1) is 0 Å². The van der Waals surface area contributed by atoms with Gasteiger partial charge in [-0.15, -0.1) is 0 Å². The molecule has 0 bridgehead atoms. The number of hydrogen-bond acceptors (Lipinski definition) is 3. The Labute approximate surface area is 108 Å². The predicted molar refractivity (Wildman–Crippen MR) is 70.3 cm³/mol. The highest BCUT2D eigenvalue weighted by Gasteiger charge is 2.02. The summed E-state index contributed by atoms with van der Waals surface area (Å²) in [6, 6.07) is 0. The Balaban J connectivity index is 1.99. The largest absolute Gasteiger partial charge is 0.381 e. The van der Waals surface area contributed by atoms with E-state index in [2.05, 4.69) is 17.2 Å². The Morgan fingerprint density at radius 2 is 2.18 bits per heavy atom. The maximum absolute atomic E-state index is 5.89. The maximum Gasteiger partial charge on any atom is 0.128 e. The molecular formula is C12H22ClN3O. The molecule has 0 aliphatic rings. The second-order valence-corrected chi connectivity index (χ2v) is 4.44. The molecule has 0 saturated heterocycles. The summed E-state index contributed by atoms with van der Waals surface area (Å²) in [5, 5.41) is 4.00. The highest BCUT2D eigenvalue weighted by atomic mass is 35.5. The fourth-order valence-corrected chi connectivity index (χ4v) is 1.58. The monoisotopic (exact) mass is 259 g/mol. The fraction of sp³-hybridized carbons (Fsp3) is 0.750. The number of unbranched alkanes of at least 4 members (excludes halogenated alkanes) is 1. The van der Waals surface area contributed by atoms with Crippen LogP contribution >= 0.6 is 11.6 Å². The van der Waals surface area contributed by atoms with Crippen LogP contribution in [0.15, 0.2) is 6.20 Å². The first-order chi connectivity index (χ1) is 8.25. The molecule has 17 heavy (non-hydrogen) atoms. The van der Waals surface area contributed by atoms with Crippen LogP contribution in [0.25, 0.3) is 0 Å². The van der Waals surface area contributed by atoms with Crippen molar-refractivity contribution in [3.05, 3.63) is 17.2 Å². The molecule has 1 aromatic heterocycles. The van der Waals surface area contributed by atoms with Gasteiger partial charge >= 0.3 is 0 Å². The van der Waals surface area contributed by atoms with E-state index in [4.69, 9.17) is 16.3 Å². The van der Waals surface area contributed by atoms with Gasteiger partial charge in [0.2, 0.25) is 0 Å². The SMILES string of the molecule is CCCCOCCCNCc1ncc(Cl)n1C. The summed E-state index contributed by atoms with van der Waals surface area (Å²) in [6.07, 6.45) is 5.05. The smallest absolute Gasteiger partial charge is 0.128 e. The third-order valence-electron chi connectivity index (χ3n) is 2.60. The summed E-state index contributed by atoms with van der Waals surface area (Å²) >= 11 is 5.89. The Hall–Kier alpha value is -0.580. The van der Waals surface area contributed by atoms with E-state index in [0.29, 0.717) is 5.15 Å². The Bertz CT molecular complexity index is 315. The summed E-state index contributed by atoms with van der Waals surface area (Å²) in [5.74, 6) is 0.960. The van der Waals surface area contributed by atoms with Crippen molar-refractivity contribution in [2.75, 3.05) is 19.8 Å². The van der Waals surface area contributed by atoms with Crippen LogP contribution in [0.3, 0.4) is 0 Å². The summed E-state index contributed by atoms with van der Waals surface area (Å²) in [6.45, 7) is 5.57. The van der Waals surface area contributed by atoms with Crippen LogP contribution in [0.1, 0.15) is 32.0 Å². The molecule has 0 spiro atoms. The van der Waals surface area contributed by atoms with Gasteiger partial charge in [-0.3, -0.25) is 0 Å². The molecule has 0 unspecified atom stereocenters. The average Bonchev–Trinajstić information content (AvgIpc) is 2.64. The molecule has 0 saturated carbocycles. The minimum atomic E-state index is 0.671. The van der Waals surface area contributed by atoms with Gasteiger partial charge < -0.3 is 14.6 Å². The zero-order valence-corrected chi connectivity index (χ0v) is 11.5. The second kappa shape index (κ2) is 8.50. The van der Waals surface area contributed by atoms with Crippen molar-refractivity contribution >= 4 is 11.6 Å². The molecule has 0 atom stereocenters. The molecule has 0 fully saturated rings. The molecule has 1 heterocycles. The van der Waals surface area contributed by atoms with E-state index in [9.17, 15) is 0 Å². The summed E-state index contributed by atoms with van der Waals surface area (Å²) in [5.41, 5.74) is 0. The first kappa shape index (κ1) is 14.5. The van der Waals surface area contributed by atoms with Gasteiger partial charge in [-0.25, -0.2) is 4.98 Å². The highest BCUT2D eigenvalue weighted by molar-refractivity contribution is 6.29. The van der Waals surface area contributed by atoms with Crippen LogP contribution in [0.2, 0.25) is 5.15 Å². The van der Waals surface area contributed by atoms with Gasteiger partial charge in [0.1, 0.15) is 11.0 Å². The van der Waals surface area contributed by atoms with Crippen LogP contribution in [0.5, 0.6) is 0 Å². The first-order valence-corrected chi connectivity index (χ1v) is 6.58. The van der Waals surface area contributed by atoms with E-state index < -0.39 is 0 Å². The number of ether oxygens (including phenoxy) is 1. The molecule has 0 amide bonds. The minimum Gasteiger partial charge on any atom is -0.381 e. The quantitative estimate of drug-likeness (QED) is 0.692. The minimum absolute atomic E-state index is 0.671. The van der Waals surface area contributed by atoms with Gasteiger partial charge in [0.15, 0.2) is 0 Å². The Morgan fingerprint density at radius 1 is 1.41 bits per heavy atom. The molecule has 0 aliphatic carbocycles. The van der Waals surface area contributed by atoms with Gasteiger partial charge in [0, 0.05) is 20.3 Å². The lowest BCUT2D eigenvalue weighted by atomic mass is 10.3. The van der Waals surface area contributed by atoms with Crippen molar-refractivity contribution in [1.82, 2.24) is 14.9 Å². The van der Waals surface area contributed by atoms with Crippen molar-refractivity contribution in [3.8, 4) is 0 Å². The number of nitrogens with zero attached hydrogens (tertiary/aromatic N) is 2. The molecule has 98 valence electrons. The molecule has 0 radical (unpaired) electrons. The van der Waals surface area contributed by atoms with Crippen LogP contribution in [-0.2, 0) is 18.3 Å². The Morgan fingerprint density at radius 3 is 2.82 bits per heavy atom. The molecule has 5 heteroatoms. The molecule has 1 aromatic rings. The molecule has 0 aliphatic heterocycles. The third-order valence-corrected chi connectivity index (χ3v) is 2.95. The number of aromatic nitrogens is 2. The Kier molecular flexibility index (Phi) is 7.24. The van der Waals surface area contributed by atoms with E-state index in [1.165, 1.54) is 6.42 Å². The number of nitrogens with one attached hydrogen (secondary N) is 1. The van der Waals surface area contributed by atoms with E-state index in [-0.39, 0.29) is 0 Å². The highest BCUT2D eigenvalue weighted by Crippen LogP contribution is 2.08. The average molecular weight is 260 g/mol. The predicted octanol–water partition coefficient (Wildman–Crippen LogP) is 2.37. The molecular weight excluding hydrogens is 238 g/mol. The van der Waals surface area contributed by atoms with Crippen LogP contribution in [-0.4, -0.2) is 29.3 Å². The van der Waals surface area contributed by atoms with Gasteiger partial charge in [-0.05, 0) is 19.4 Å². The molecule has 1 rings (SSSR count). The van der Waals surface area contributed by atoms with Gasteiger partial charge in [0.25, 0.3) is 0 Å². The standard InChI is InChI=1S/C12H22ClN3O/c1-3-4-7-17-8-5-6-14-10-12-15-9-11(13)16(12)2/h9,14H,3-8,10H2,1-2H3. The van der Waals surface area contributed by atoms with E-state index in [0.717, 1.165) is 45.0 Å². The van der Waals surface area contributed by atoms with Crippen molar-refractivity contribution in [1.29, 1.82) is 0 Å². The summed E-state index contributed by atoms with van der Waals surface area (Å²) < 4.78 is 7.35. The van der Waals surface area contributed by atoms with Gasteiger partial charge in [-0.2, -0.15) is 0 Å². The number of hydrogen-bond donors (Lipinski definition) is 1. The summed E-state index contributed by atoms with van der Waals surface area (Å²) in [4.78, 5) is 4.21. The maximum atomic E-state index is 5.89. The lowest BCUT2D eigenvalue weighted by Gasteiger charge is -2.06. The van der Waals surface area contributed by atoms with E-state index >= 15 is 0 Å². The van der Waals surface area contributed by atoms with Gasteiger partial charge in [-0.1, -0.05) is 24.9 Å². The first-order valence-electron chi connectivity index (χ1n) is 6.20. The molecule has 4 nitrogen and oxygen atoms in total. The molecule has 1 N–H and O–H groups in total. The third kappa shape index (κ3) is 5.52. The zero-order chi connectivity index (χ0) is 12.5. The van der Waals surface area contributed by atoms with Gasteiger partial charge in [0.05, 0.1) is 12.7 Å². The number of halogens is 1. The van der Waals surface area contributed by atoms with E-state index in [1.807, 2.05) is 11.6 Å². The van der Waals surface area contributed by atoms with Crippen LogP contribution in [0.4, 0.5) is 0 Å². The normalized spacial score (nSPS) is 11.0. The number of imidazole rings is 1. The van der Waals surface area contributed by atoms with Crippen LogP contribution < -0.4 is 5.32 Å². The van der Waals surface area contributed by atoms with Crippen molar-refractivity contribution < 1.29 is 4.74 Å². The van der Waals surface area contributed by atoms with Crippen molar-refractivity contribution in [3.63, 3.8) is 0 Å². The lowest BCUT2D eigenvalue weighted by molar-refractivity contribution is 0.128. The topological polar surface area (TPSA) is 39.1 Å². The summed E-state index contributed by atoms with van der Waals surface area (Å²) in [7, 11) is 1.92. The second-order valence-electron chi connectivity index (χ2n) is 4.05. The fourth-order valence-electron chi connectivity index (χ4n) is 1.44. The van der Waals surface area contributed by atoms with Crippen molar-refractivity contribution in [2.24, 2.45) is 7.05 Å². The van der Waals surface area contributed by atoms with E-state index in [1.54, 1.807) is 6.20 Å². The zero-order valence-electron chi connectivity index (χ0n) is 10.7.